The van der Waals surface area contributed by atoms with Crippen LogP contribution in [0.2, 0.25) is 0 Å². The molecule has 4 fully saturated rings. The lowest BCUT2D eigenvalue weighted by Crippen LogP contribution is -2.62. The Bertz CT molecular complexity index is 819. The van der Waals surface area contributed by atoms with E-state index in [1.54, 1.807) is 0 Å². The van der Waals surface area contributed by atoms with E-state index in [0.29, 0.717) is 11.8 Å². The highest BCUT2D eigenvalue weighted by atomic mass is 16.2. The van der Waals surface area contributed by atoms with Crippen LogP contribution in [0.5, 0.6) is 0 Å². The van der Waals surface area contributed by atoms with E-state index in [1.165, 1.54) is 24.8 Å². The maximum absolute atomic E-state index is 12.7. The molecule has 162 valence electrons. The summed E-state index contributed by atoms with van der Waals surface area (Å²) in [7, 11) is 0. The highest BCUT2D eigenvalue weighted by molar-refractivity contribution is 5.92. The molecule has 2 atom stereocenters. The second-order valence-electron chi connectivity index (χ2n) is 10.9. The summed E-state index contributed by atoms with van der Waals surface area (Å²) in [6.07, 6.45) is 6.68. The largest absolute Gasteiger partial charge is 0.341 e. The van der Waals surface area contributed by atoms with Gasteiger partial charge in [0.05, 0.1) is 0 Å². The Hall–Kier alpha value is -1.88. The summed E-state index contributed by atoms with van der Waals surface area (Å²) in [5.74, 6) is 1.37. The number of amides is 2. The molecule has 5 nitrogen and oxygen atoms in total. The Labute approximate surface area is 180 Å². The van der Waals surface area contributed by atoms with E-state index >= 15 is 0 Å². The van der Waals surface area contributed by atoms with Gasteiger partial charge in [0.2, 0.25) is 11.8 Å². The first-order chi connectivity index (χ1) is 14.4. The predicted octanol–water partition coefficient (Wildman–Crippen LogP) is 3.77. The van der Waals surface area contributed by atoms with Gasteiger partial charge in [-0.2, -0.15) is 0 Å². The average Bonchev–Trinajstić information content (AvgIpc) is 3.15. The summed E-state index contributed by atoms with van der Waals surface area (Å²) in [6, 6.07) is 8.45. The number of rotatable bonds is 4. The number of anilines is 1. The Kier molecular flexibility index (Phi) is 4.92. The van der Waals surface area contributed by atoms with Crippen LogP contribution in [-0.4, -0.2) is 42.9 Å². The van der Waals surface area contributed by atoms with Crippen LogP contribution in [0.1, 0.15) is 63.9 Å². The molecule has 0 aromatic heterocycles. The molecule has 30 heavy (non-hydrogen) atoms. The second-order valence-corrected chi connectivity index (χ2v) is 10.9. The van der Waals surface area contributed by atoms with E-state index in [4.69, 9.17) is 0 Å². The summed E-state index contributed by atoms with van der Waals surface area (Å²) in [5.41, 5.74) is 2.58. The van der Waals surface area contributed by atoms with E-state index in [0.717, 1.165) is 51.1 Å². The van der Waals surface area contributed by atoms with Crippen molar-refractivity contribution < 1.29 is 9.59 Å². The fourth-order valence-corrected chi connectivity index (χ4v) is 6.00. The topological polar surface area (TPSA) is 61.4 Å². The molecule has 2 N–H and O–H groups in total. The van der Waals surface area contributed by atoms with Gasteiger partial charge in [-0.05, 0) is 42.4 Å². The first kappa shape index (κ1) is 20.0. The third kappa shape index (κ3) is 3.55. The number of benzene rings is 1. The summed E-state index contributed by atoms with van der Waals surface area (Å²) in [6.45, 7) is 8.08. The Morgan fingerprint density at radius 1 is 1.07 bits per heavy atom. The maximum Gasteiger partial charge on any atom is 0.227 e. The third-order valence-electron chi connectivity index (χ3n) is 8.26. The summed E-state index contributed by atoms with van der Waals surface area (Å²) in [5, 5.41) is 6.69. The number of likely N-dealkylation sites (tertiary alicyclic amines) is 1. The van der Waals surface area contributed by atoms with Gasteiger partial charge in [0.1, 0.15) is 0 Å². The fourth-order valence-electron chi connectivity index (χ4n) is 6.00. The van der Waals surface area contributed by atoms with Crippen LogP contribution < -0.4 is 10.6 Å². The molecule has 1 aromatic carbocycles. The molecule has 0 radical (unpaired) electrons. The lowest BCUT2D eigenvalue weighted by Gasteiger charge is -2.51. The maximum atomic E-state index is 12.7. The number of hydrogen-bond acceptors (Lipinski definition) is 3. The van der Waals surface area contributed by atoms with Crippen LogP contribution in [0.15, 0.2) is 24.3 Å². The first-order valence-corrected chi connectivity index (χ1v) is 11.8. The Morgan fingerprint density at radius 2 is 1.73 bits per heavy atom. The second kappa shape index (κ2) is 7.37. The van der Waals surface area contributed by atoms with Gasteiger partial charge in [-0.3, -0.25) is 9.59 Å². The van der Waals surface area contributed by atoms with Gasteiger partial charge in [0, 0.05) is 55.0 Å². The van der Waals surface area contributed by atoms with Crippen molar-refractivity contribution in [3.8, 4) is 0 Å². The molecule has 2 saturated carbocycles. The molecule has 2 saturated heterocycles. The molecular formula is C25H35N3O2. The summed E-state index contributed by atoms with van der Waals surface area (Å²) < 4.78 is 0. The quantitative estimate of drug-likeness (QED) is 0.796. The van der Waals surface area contributed by atoms with Crippen molar-refractivity contribution in [2.24, 2.45) is 22.7 Å². The van der Waals surface area contributed by atoms with E-state index in [9.17, 15) is 9.59 Å². The summed E-state index contributed by atoms with van der Waals surface area (Å²) in [4.78, 5) is 27.3. The molecule has 4 aliphatic rings. The van der Waals surface area contributed by atoms with E-state index in [-0.39, 0.29) is 28.6 Å². The van der Waals surface area contributed by atoms with Gasteiger partial charge < -0.3 is 15.5 Å². The molecule has 1 spiro atoms. The number of hydrogen-bond donors (Lipinski definition) is 2. The molecule has 2 aliphatic carbocycles. The SMILES string of the molecule is CC1(C)C[C@@H]1C(=O)N1CC2(CNCC2c2ccc(NC(=O)C3CCCCC3)cc2)C1. The molecule has 2 amide bonds. The van der Waals surface area contributed by atoms with Crippen LogP contribution in [0, 0.1) is 22.7 Å². The highest BCUT2D eigenvalue weighted by Crippen LogP contribution is 2.55. The van der Waals surface area contributed by atoms with Gasteiger partial charge in [0.25, 0.3) is 0 Å². The molecule has 2 heterocycles. The van der Waals surface area contributed by atoms with Gasteiger partial charge in [-0.25, -0.2) is 0 Å². The average molecular weight is 410 g/mol. The normalized spacial score (nSPS) is 29.5. The van der Waals surface area contributed by atoms with Gasteiger partial charge >= 0.3 is 0 Å². The van der Waals surface area contributed by atoms with Crippen LogP contribution in [0.25, 0.3) is 0 Å². The van der Waals surface area contributed by atoms with Gasteiger partial charge in [-0.1, -0.05) is 45.2 Å². The van der Waals surface area contributed by atoms with Crippen molar-refractivity contribution in [2.75, 3.05) is 31.5 Å². The third-order valence-corrected chi connectivity index (χ3v) is 8.26. The monoisotopic (exact) mass is 409 g/mol. The van der Waals surface area contributed by atoms with Gasteiger partial charge in [-0.15, -0.1) is 0 Å². The van der Waals surface area contributed by atoms with Crippen LogP contribution in [0.4, 0.5) is 5.69 Å². The lowest BCUT2D eigenvalue weighted by atomic mass is 9.68. The Morgan fingerprint density at radius 3 is 2.37 bits per heavy atom. The molecule has 5 heteroatoms. The molecule has 1 unspecified atom stereocenters. The highest BCUT2D eigenvalue weighted by Gasteiger charge is 2.58. The van der Waals surface area contributed by atoms with Crippen molar-refractivity contribution in [1.82, 2.24) is 10.2 Å². The number of nitrogens with one attached hydrogen (secondary N) is 2. The van der Waals surface area contributed by atoms with E-state index in [1.807, 2.05) is 0 Å². The van der Waals surface area contributed by atoms with Crippen molar-refractivity contribution in [3.63, 3.8) is 0 Å². The minimum atomic E-state index is 0.168. The number of carbonyl (C=O) groups excluding carboxylic acids is 2. The molecular weight excluding hydrogens is 374 g/mol. The number of carbonyl (C=O) groups is 2. The summed E-state index contributed by atoms with van der Waals surface area (Å²) >= 11 is 0. The molecule has 2 aliphatic heterocycles. The van der Waals surface area contributed by atoms with Crippen LogP contribution >= 0.6 is 0 Å². The number of nitrogens with zero attached hydrogens (tertiary/aromatic N) is 1. The van der Waals surface area contributed by atoms with Crippen LogP contribution in [-0.2, 0) is 9.59 Å². The molecule has 0 bridgehead atoms. The van der Waals surface area contributed by atoms with Crippen LogP contribution in [0.3, 0.4) is 0 Å². The van der Waals surface area contributed by atoms with E-state index < -0.39 is 0 Å². The molecule has 5 rings (SSSR count). The zero-order valence-electron chi connectivity index (χ0n) is 18.4. The van der Waals surface area contributed by atoms with Crippen molar-refractivity contribution in [2.45, 2.75) is 58.3 Å². The van der Waals surface area contributed by atoms with E-state index in [2.05, 4.69) is 53.6 Å². The first-order valence-electron chi connectivity index (χ1n) is 11.8. The Balaban J connectivity index is 1.20. The molecule has 1 aromatic rings. The lowest BCUT2D eigenvalue weighted by molar-refractivity contribution is -0.145. The van der Waals surface area contributed by atoms with Gasteiger partial charge in [0.15, 0.2) is 0 Å². The minimum absolute atomic E-state index is 0.168. The fraction of sp³-hybridized carbons (Fsp3) is 0.680. The predicted molar refractivity (Wildman–Crippen MR) is 118 cm³/mol. The van der Waals surface area contributed by atoms with Crippen molar-refractivity contribution in [3.05, 3.63) is 29.8 Å². The standard InChI is InChI=1S/C25H35N3O2/c1-24(2)12-20(24)23(30)28-15-25(16-28)14-26-13-21(25)17-8-10-19(11-9-17)27-22(29)18-6-4-3-5-7-18/h8-11,18,20-21,26H,3-7,12-16H2,1-2H3,(H,27,29)/t20-,21?/m1/s1. The smallest absolute Gasteiger partial charge is 0.227 e. The zero-order valence-corrected chi connectivity index (χ0v) is 18.4. The minimum Gasteiger partial charge on any atom is -0.341 e. The van der Waals surface area contributed by atoms with Crippen molar-refractivity contribution in [1.29, 1.82) is 0 Å². The zero-order chi connectivity index (χ0) is 20.9. The van der Waals surface area contributed by atoms with Crippen molar-refractivity contribution >= 4 is 17.5 Å².